The molecule has 0 aromatic carbocycles. The zero-order chi connectivity index (χ0) is 39.0. The highest BCUT2D eigenvalue weighted by molar-refractivity contribution is 5.71. The normalized spacial score (nSPS) is 12.1. The monoisotopic (exact) mass is 751 g/mol. The van der Waals surface area contributed by atoms with Crippen LogP contribution in [0.1, 0.15) is 253 Å². The Morgan fingerprint density at radius 3 is 0.925 bits per heavy atom. The van der Waals surface area contributed by atoms with Gasteiger partial charge in [-0.25, -0.2) is 0 Å². The molecule has 0 N–H and O–H groups in total. The molecule has 6 nitrogen and oxygen atoms in total. The molecule has 0 saturated heterocycles. The van der Waals surface area contributed by atoms with Crippen LogP contribution < -0.4 is 0 Å². The predicted octanol–water partition coefficient (Wildman–Crippen LogP) is 14.6. The van der Waals surface area contributed by atoms with Gasteiger partial charge in [-0.15, -0.1) is 0 Å². The van der Waals surface area contributed by atoms with Gasteiger partial charge >= 0.3 is 17.9 Å². The molecule has 1 atom stereocenters. The Balaban J connectivity index is 4.17. The van der Waals surface area contributed by atoms with E-state index in [0.717, 1.165) is 69.6 Å². The van der Waals surface area contributed by atoms with Gasteiger partial charge in [0.05, 0.1) is 0 Å². The summed E-state index contributed by atoms with van der Waals surface area (Å²) in [4.78, 5) is 37.5. The summed E-state index contributed by atoms with van der Waals surface area (Å²) in [5, 5.41) is 0. The van der Waals surface area contributed by atoms with Gasteiger partial charge in [0.1, 0.15) is 13.2 Å². The third-order valence-corrected chi connectivity index (χ3v) is 10.5. The third kappa shape index (κ3) is 41.4. The minimum Gasteiger partial charge on any atom is -0.462 e. The average molecular weight is 751 g/mol. The fourth-order valence-electron chi connectivity index (χ4n) is 6.93. The van der Waals surface area contributed by atoms with Crippen LogP contribution in [-0.4, -0.2) is 37.2 Å². The molecule has 0 radical (unpaired) electrons. The second-order valence-corrected chi connectivity index (χ2v) is 17.0. The summed E-state index contributed by atoms with van der Waals surface area (Å²) in [5.74, 6) is 0.748. The number of unbranched alkanes of at least 4 members (excludes halogenated alkanes) is 26. The van der Waals surface area contributed by atoms with Crippen molar-refractivity contribution in [2.75, 3.05) is 13.2 Å². The summed E-state index contributed by atoms with van der Waals surface area (Å²) in [6.07, 6.45) is 38.3. The van der Waals surface area contributed by atoms with Crippen LogP contribution in [0.2, 0.25) is 0 Å². The van der Waals surface area contributed by atoms with Gasteiger partial charge in [-0.3, -0.25) is 14.4 Å². The van der Waals surface area contributed by atoms with E-state index in [1.165, 1.54) is 141 Å². The van der Waals surface area contributed by atoms with Gasteiger partial charge in [0.25, 0.3) is 0 Å². The van der Waals surface area contributed by atoms with E-state index in [1.807, 2.05) is 0 Å². The Labute approximate surface area is 329 Å². The summed E-state index contributed by atoms with van der Waals surface area (Å²) in [6, 6.07) is 0. The zero-order valence-electron chi connectivity index (χ0n) is 36.1. The van der Waals surface area contributed by atoms with Crippen molar-refractivity contribution in [1.82, 2.24) is 0 Å². The van der Waals surface area contributed by atoms with Crippen LogP contribution in [0.15, 0.2) is 0 Å². The average Bonchev–Trinajstić information content (AvgIpc) is 3.12. The maximum absolute atomic E-state index is 12.7. The van der Waals surface area contributed by atoms with Crippen molar-refractivity contribution >= 4 is 17.9 Å². The van der Waals surface area contributed by atoms with Crippen molar-refractivity contribution in [2.24, 2.45) is 11.8 Å². The lowest BCUT2D eigenvalue weighted by Crippen LogP contribution is -2.30. The second kappa shape index (κ2) is 40.1. The Morgan fingerprint density at radius 1 is 0.358 bits per heavy atom. The van der Waals surface area contributed by atoms with Crippen LogP contribution in [0.4, 0.5) is 0 Å². The molecule has 314 valence electrons. The summed E-state index contributed by atoms with van der Waals surface area (Å²) in [7, 11) is 0. The van der Waals surface area contributed by atoms with E-state index in [0.29, 0.717) is 19.3 Å². The number of carbonyl (C=O) groups excluding carboxylic acids is 3. The molecule has 0 aliphatic carbocycles. The van der Waals surface area contributed by atoms with E-state index in [1.54, 1.807) is 0 Å². The molecule has 0 aliphatic rings. The second-order valence-electron chi connectivity index (χ2n) is 17.0. The Morgan fingerprint density at radius 2 is 0.623 bits per heavy atom. The van der Waals surface area contributed by atoms with Crippen LogP contribution in [0, 0.1) is 11.8 Å². The molecule has 0 aromatic rings. The molecule has 0 amide bonds. The first-order valence-electron chi connectivity index (χ1n) is 23.2. The smallest absolute Gasteiger partial charge is 0.306 e. The first kappa shape index (κ1) is 51.4. The number of esters is 3. The Bertz CT molecular complexity index is 809. The first-order valence-corrected chi connectivity index (χ1v) is 23.2. The largest absolute Gasteiger partial charge is 0.462 e. The van der Waals surface area contributed by atoms with Gasteiger partial charge in [-0.2, -0.15) is 0 Å². The molecular weight excluding hydrogens is 661 g/mol. The molecule has 0 unspecified atom stereocenters. The lowest BCUT2D eigenvalue weighted by Gasteiger charge is -2.18. The van der Waals surface area contributed by atoms with Gasteiger partial charge in [0.15, 0.2) is 6.10 Å². The molecule has 0 aromatic heterocycles. The fourth-order valence-corrected chi connectivity index (χ4v) is 6.93. The molecule has 0 spiro atoms. The van der Waals surface area contributed by atoms with Crippen LogP contribution in [0.5, 0.6) is 0 Å². The maximum Gasteiger partial charge on any atom is 0.306 e. The summed E-state index contributed by atoms with van der Waals surface area (Å²) in [5.41, 5.74) is 0. The van der Waals surface area contributed by atoms with Gasteiger partial charge in [0, 0.05) is 19.3 Å². The molecule has 0 rings (SSSR count). The van der Waals surface area contributed by atoms with E-state index in [-0.39, 0.29) is 31.1 Å². The molecule has 0 heterocycles. The van der Waals surface area contributed by atoms with Crippen molar-refractivity contribution in [1.29, 1.82) is 0 Å². The molecular formula is C47H90O6. The van der Waals surface area contributed by atoms with E-state index in [4.69, 9.17) is 14.2 Å². The van der Waals surface area contributed by atoms with Crippen LogP contribution >= 0.6 is 0 Å². The van der Waals surface area contributed by atoms with Crippen LogP contribution in [0.3, 0.4) is 0 Å². The standard InChI is InChI=1S/C47H90O6/c1-6-7-8-9-20-27-32-37-45(48)51-40-44(41-52-46(49)38-33-28-24-23-26-31-36-43(4)5)53-47(50)39-34-29-22-19-17-15-13-11-10-12-14-16-18-21-25-30-35-42(2)3/h42-44H,6-41H2,1-5H3/t44-/m1/s1. The summed E-state index contributed by atoms with van der Waals surface area (Å²) < 4.78 is 16.6. The van der Waals surface area contributed by atoms with Crippen molar-refractivity contribution in [3.05, 3.63) is 0 Å². The van der Waals surface area contributed by atoms with E-state index >= 15 is 0 Å². The molecule has 0 aliphatic heterocycles. The molecule has 0 bridgehead atoms. The van der Waals surface area contributed by atoms with Crippen LogP contribution in [-0.2, 0) is 28.6 Å². The maximum atomic E-state index is 12.7. The van der Waals surface area contributed by atoms with Crippen molar-refractivity contribution < 1.29 is 28.6 Å². The van der Waals surface area contributed by atoms with Crippen molar-refractivity contribution in [2.45, 2.75) is 259 Å². The van der Waals surface area contributed by atoms with Crippen LogP contribution in [0.25, 0.3) is 0 Å². The third-order valence-electron chi connectivity index (χ3n) is 10.5. The summed E-state index contributed by atoms with van der Waals surface area (Å²) >= 11 is 0. The lowest BCUT2D eigenvalue weighted by molar-refractivity contribution is -0.167. The highest BCUT2D eigenvalue weighted by atomic mass is 16.6. The number of carbonyl (C=O) groups is 3. The minimum absolute atomic E-state index is 0.0662. The number of ether oxygens (including phenoxy) is 3. The Hall–Kier alpha value is -1.59. The molecule has 6 heteroatoms. The topological polar surface area (TPSA) is 78.9 Å². The molecule has 0 saturated carbocycles. The number of hydrogen-bond donors (Lipinski definition) is 0. The first-order chi connectivity index (χ1) is 25.7. The predicted molar refractivity (Wildman–Crippen MR) is 224 cm³/mol. The van der Waals surface area contributed by atoms with Crippen molar-refractivity contribution in [3.63, 3.8) is 0 Å². The highest BCUT2D eigenvalue weighted by Gasteiger charge is 2.19. The number of rotatable bonds is 41. The zero-order valence-corrected chi connectivity index (χ0v) is 36.1. The van der Waals surface area contributed by atoms with E-state index < -0.39 is 6.10 Å². The summed E-state index contributed by atoms with van der Waals surface area (Å²) in [6.45, 7) is 11.3. The molecule has 53 heavy (non-hydrogen) atoms. The molecule has 0 fully saturated rings. The van der Waals surface area contributed by atoms with Gasteiger partial charge in [-0.05, 0) is 31.1 Å². The van der Waals surface area contributed by atoms with E-state index in [9.17, 15) is 14.4 Å². The lowest BCUT2D eigenvalue weighted by atomic mass is 10.0. The number of hydrogen-bond acceptors (Lipinski definition) is 6. The quantitative estimate of drug-likeness (QED) is 0.0352. The van der Waals surface area contributed by atoms with Crippen molar-refractivity contribution in [3.8, 4) is 0 Å². The van der Waals surface area contributed by atoms with Gasteiger partial charge in [-0.1, -0.05) is 214 Å². The van der Waals surface area contributed by atoms with Gasteiger partial charge in [0.2, 0.25) is 0 Å². The Kier molecular flexibility index (Phi) is 38.9. The van der Waals surface area contributed by atoms with Gasteiger partial charge < -0.3 is 14.2 Å². The fraction of sp³-hybridized carbons (Fsp3) is 0.936. The minimum atomic E-state index is -0.759. The van der Waals surface area contributed by atoms with E-state index in [2.05, 4.69) is 34.6 Å². The SMILES string of the molecule is CCCCCCCCCC(=O)OC[C@H](COC(=O)CCCCCCCCC(C)C)OC(=O)CCCCCCCCCCCCCCCCCCC(C)C. The highest BCUT2D eigenvalue weighted by Crippen LogP contribution is 2.17.